The predicted octanol–water partition coefficient (Wildman–Crippen LogP) is 4.95. The van der Waals surface area contributed by atoms with Gasteiger partial charge in [0.05, 0.1) is 11.6 Å². The lowest BCUT2D eigenvalue weighted by Crippen LogP contribution is -2.50. The number of nitriles is 1. The third-order valence-corrected chi connectivity index (χ3v) is 7.85. The van der Waals surface area contributed by atoms with Gasteiger partial charge in [0, 0.05) is 38.4 Å². The van der Waals surface area contributed by atoms with E-state index in [1.807, 2.05) is 85.5 Å². The first-order chi connectivity index (χ1) is 21.3. The Bertz CT molecular complexity index is 1410. The molecular formula is C36H42N4O4. The summed E-state index contributed by atoms with van der Waals surface area (Å²) in [5, 5.41) is 14.9. The van der Waals surface area contributed by atoms with Crippen LogP contribution in [-0.2, 0) is 33.8 Å². The molecule has 0 saturated carbocycles. The summed E-state index contributed by atoms with van der Waals surface area (Å²) in [7, 11) is 0. The summed E-state index contributed by atoms with van der Waals surface area (Å²) in [6.45, 7) is 5.52. The van der Waals surface area contributed by atoms with Gasteiger partial charge in [-0.3, -0.25) is 14.4 Å². The molecule has 0 aliphatic carbocycles. The molecule has 3 aromatic rings. The van der Waals surface area contributed by atoms with Crippen LogP contribution in [0.15, 0.2) is 78.9 Å². The van der Waals surface area contributed by atoms with Crippen molar-refractivity contribution in [2.75, 3.05) is 13.1 Å². The summed E-state index contributed by atoms with van der Waals surface area (Å²) in [6.07, 6.45) is 3.26. The smallest absolute Gasteiger partial charge is 0.243 e. The van der Waals surface area contributed by atoms with Crippen molar-refractivity contribution in [2.45, 2.75) is 71.1 Å². The average molecular weight is 595 g/mol. The van der Waals surface area contributed by atoms with Crippen LogP contribution < -0.4 is 15.4 Å². The number of aryl methyl sites for hydroxylation is 1. The minimum Gasteiger partial charge on any atom is -0.489 e. The van der Waals surface area contributed by atoms with Crippen molar-refractivity contribution in [1.82, 2.24) is 15.5 Å². The number of hydrogen-bond acceptors (Lipinski definition) is 5. The van der Waals surface area contributed by atoms with Gasteiger partial charge in [-0.05, 0) is 80.0 Å². The van der Waals surface area contributed by atoms with Gasteiger partial charge in [0.15, 0.2) is 0 Å². The van der Waals surface area contributed by atoms with E-state index in [4.69, 9.17) is 10.00 Å². The van der Waals surface area contributed by atoms with Crippen LogP contribution in [0.1, 0.15) is 61.8 Å². The van der Waals surface area contributed by atoms with Gasteiger partial charge < -0.3 is 20.3 Å². The predicted molar refractivity (Wildman–Crippen MR) is 170 cm³/mol. The molecule has 8 nitrogen and oxygen atoms in total. The van der Waals surface area contributed by atoms with Crippen molar-refractivity contribution in [2.24, 2.45) is 5.92 Å². The topological polar surface area (TPSA) is 112 Å². The minimum atomic E-state index is -0.690. The van der Waals surface area contributed by atoms with Gasteiger partial charge in [0.25, 0.3) is 0 Å². The number of nitrogens with one attached hydrogen (secondary N) is 2. The molecule has 2 N–H and O–H groups in total. The Kier molecular flexibility index (Phi) is 11.9. The highest BCUT2D eigenvalue weighted by molar-refractivity contribution is 5.88. The van der Waals surface area contributed by atoms with E-state index in [1.165, 1.54) is 0 Å². The highest BCUT2D eigenvalue weighted by atomic mass is 16.5. The molecule has 0 aromatic heterocycles. The Morgan fingerprint density at radius 3 is 2.18 bits per heavy atom. The SMILES string of the molecule is CC(C)NC(=O)[C@H](Cc1ccc(OCc2ccccc2)cc1)NC(=O)CC1CCN(C(=O)CCc2ccc(C#N)cc2)CC1. The van der Waals surface area contributed by atoms with E-state index < -0.39 is 6.04 Å². The summed E-state index contributed by atoms with van der Waals surface area (Å²) in [4.78, 5) is 40.8. The lowest BCUT2D eigenvalue weighted by molar-refractivity contribution is -0.133. The number of likely N-dealkylation sites (tertiary alicyclic amines) is 1. The number of hydrogen-bond donors (Lipinski definition) is 2. The number of carbonyl (C=O) groups excluding carboxylic acids is 3. The van der Waals surface area contributed by atoms with Crippen molar-refractivity contribution in [3.63, 3.8) is 0 Å². The van der Waals surface area contributed by atoms with E-state index in [-0.39, 0.29) is 29.7 Å². The Labute approximate surface area is 260 Å². The molecule has 0 spiro atoms. The normalized spacial score (nSPS) is 14.0. The molecule has 1 saturated heterocycles. The van der Waals surface area contributed by atoms with Gasteiger partial charge >= 0.3 is 0 Å². The van der Waals surface area contributed by atoms with E-state index in [1.54, 1.807) is 12.1 Å². The standard InChI is InChI=1S/C36H42N4O4/c1-26(2)38-36(43)33(22-28-12-15-32(16-13-28)44-25-31-6-4-3-5-7-31)39-34(41)23-29-18-20-40(21-19-29)35(42)17-14-27-8-10-30(24-37)11-9-27/h3-13,15-16,26,29,33H,14,17-23,25H2,1-2H3,(H,38,43)(H,39,41)/t33-/m0/s1. The number of rotatable bonds is 13. The third-order valence-electron chi connectivity index (χ3n) is 7.85. The van der Waals surface area contributed by atoms with Crippen LogP contribution in [0.4, 0.5) is 0 Å². The molecule has 230 valence electrons. The summed E-state index contributed by atoms with van der Waals surface area (Å²) >= 11 is 0. The molecule has 1 aliphatic heterocycles. The zero-order valence-corrected chi connectivity index (χ0v) is 25.6. The van der Waals surface area contributed by atoms with Crippen LogP contribution in [0.3, 0.4) is 0 Å². The first-order valence-corrected chi connectivity index (χ1v) is 15.4. The maximum atomic E-state index is 13.1. The highest BCUT2D eigenvalue weighted by Crippen LogP contribution is 2.22. The van der Waals surface area contributed by atoms with Crippen LogP contribution >= 0.6 is 0 Å². The van der Waals surface area contributed by atoms with Crippen LogP contribution in [0, 0.1) is 17.2 Å². The van der Waals surface area contributed by atoms with Crippen LogP contribution in [0.5, 0.6) is 5.75 Å². The Morgan fingerprint density at radius 2 is 1.55 bits per heavy atom. The Morgan fingerprint density at radius 1 is 0.886 bits per heavy atom. The number of piperidine rings is 1. The molecule has 44 heavy (non-hydrogen) atoms. The van der Waals surface area contributed by atoms with Crippen molar-refractivity contribution in [1.29, 1.82) is 5.26 Å². The van der Waals surface area contributed by atoms with E-state index in [9.17, 15) is 14.4 Å². The average Bonchev–Trinajstić information content (AvgIpc) is 3.03. The summed E-state index contributed by atoms with van der Waals surface area (Å²) in [5.41, 5.74) is 3.65. The van der Waals surface area contributed by atoms with Gasteiger partial charge in [0.2, 0.25) is 17.7 Å². The maximum absolute atomic E-state index is 13.1. The van der Waals surface area contributed by atoms with Crippen LogP contribution in [0.25, 0.3) is 0 Å². The second kappa shape index (κ2) is 16.3. The molecule has 1 aliphatic rings. The van der Waals surface area contributed by atoms with Gasteiger partial charge in [-0.25, -0.2) is 0 Å². The molecule has 3 aromatic carbocycles. The summed E-state index contributed by atoms with van der Waals surface area (Å²) in [6, 6.07) is 26.3. The van der Waals surface area contributed by atoms with Gasteiger partial charge in [-0.1, -0.05) is 54.6 Å². The minimum absolute atomic E-state index is 0.0468. The molecule has 1 fully saturated rings. The monoisotopic (exact) mass is 594 g/mol. The number of benzene rings is 3. The second-order valence-electron chi connectivity index (χ2n) is 11.7. The molecule has 4 rings (SSSR count). The van der Waals surface area contributed by atoms with Crippen molar-refractivity contribution in [3.8, 4) is 11.8 Å². The van der Waals surface area contributed by atoms with Crippen LogP contribution in [0.2, 0.25) is 0 Å². The fourth-order valence-corrected chi connectivity index (χ4v) is 5.35. The van der Waals surface area contributed by atoms with Crippen molar-refractivity contribution in [3.05, 3.63) is 101 Å². The lowest BCUT2D eigenvalue weighted by atomic mass is 9.92. The lowest BCUT2D eigenvalue weighted by Gasteiger charge is -2.32. The molecule has 0 bridgehead atoms. The fourth-order valence-electron chi connectivity index (χ4n) is 5.35. The van der Waals surface area contributed by atoms with Gasteiger partial charge in [-0.15, -0.1) is 0 Å². The van der Waals surface area contributed by atoms with Crippen LogP contribution in [-0.4, -0.2) is 47.8 Å². The second-order valence-corrected chi connectivity index (χ2v) is 11.7. The highest BCUT2D eigenvalue weighted by Gasteiger charge is 2.27. The van der Waals surface area contributed by atoms with Gasteiger partial charge in [-0.2, -0.15) is 5.26 Å². The molecule has 0 radical (unpaired) electrons. The summed E-state index contributed by atoms with van der Waals surface area (Å²) < 4.78 is 5.88. The number of amides is 3. The third kappa shape index (κ3) is 10.3. The molecule has 1 atom stereocenters. The maximum Gasteiger partial charge on any atom is 0.243 e. The molecule has 8 heteroatoms. The molecule has 3 amide bonds. The van der Waals surface area contributed by atoms with Crippen molar-refractivity contribution < 1.29 is 19.1 Å². The summed E-state index contributed by atoms with van der Waals surface area (Å²) in [5.74, 6) is 0.651. The van der Waals surface area contributed by atoms with Crippen molar-refractivity contribution >= 4 is 17.7 Å². The first-order valence-electron chi connectivity index (χ1n) is 15.4. The first kappa shape index (κ1) is 32.3. The molecule has 1 heterocycles. The van der Waals surface area contributed by atoms with E-state index in [0.29, 0.717) is 50.9 Å². The van der Waals surface area contributed by atoms with E-state index >= 15 is 0 Å². The Balaban J connectivity index is 1.24. The zero-order valence-electron chi connectivity index (χ0n) is 25.6. The van der Waals surface area contributed by atoms with E-state index in [2.05, 4.69) is 16.7 Å². The largest absolute Gasteiger partial charge is 0.489 e. The molecular weight excluding hydrogens is 552 g/mol. The number of ether oxygens (including phenoxy) is 1. The van der Waals surface area contributed by atoms with E-state index in [0.717, 1.165) is 35.3 Å². The quantitative estimate of drug-likeness (QED) is 0.291. The Hall–Kier alpha value is -4.64. The number of nitrogens with zero attached hydrogens (tertiary/aromatic N) is 2. The number of carbonyl (C=O) groups is 3. The fraction of sp³-hybridized carbons (Fsp3) is 0.389. The molecule has 0 unspecified atom stereocenters. The zero-order chi connectivity index (χ0) is 31.3. The van der Waals surface area contributed by atoms with Gasteiger partial charge in [0.1, 0.15) is 18.4 Å².